The van der Waals surface area contributed by atoms with Gasteiger partial charge >= 0.3 is 5.97 Å². The molecule has 1 aliphatic rings. The van der Waals surface area contributed by atoms with Gasteiger partial charge in [0.1, 0.15) is 5.75 Å². The number of aliphatic imine (C=N–C) groups is 1. The lowest BCUT2D eigenvalue weighted by Gasteiger charge is -2.13. The van der Waals surface area contributed by atoms with Gasteiger partial charge in [-0.2, -0.15) is 0 Å². The molecule has 164 valence electrons. The van der Waals surface area contributed by atoms with E-state index in [4.69, 9.17) is 33.2 Å². The summed E-state index contributed by atoms with van der Waals surface area (Å²) in [4.78, 5) is 16.8. The fourth-order valence-corrected chi connectivity index (χ4v) is 3.05. The molecule has 0 amide bonds. The standard InChI is InChI=1S/C22H23NO8/c1-25-15-11-17(27-3)16(26-2)8-12(15)7-14-22(24)31-21(23-14)13-9-18(28-4)20(30-6)19(10-13)29-5/h7-11H,1-6H3/b14-7-. The molecule has 0 unspecified atom stereocenters. The average Bonchev–Trinajstić information content (AvgIpc) is 3.17. The number of rotatable bonds is 8. The van der Waals surface area contributed by atoms with Crippen molar-refractivity contribution in [2.45, 2.75) is 0 Å². The quantitative estimate of drug-likeness (QED) is 0.467. The molecule has 0 N–H and O–H groups in total. The summed E-state index contributed by atoms with van der Waals surface area (Å²) >= 11 is 0. The van der Waals surface area contributed by atoms with Crippen molar-refractivity contribution in [3.05, 3.63) is 41.1 Å². The summed E-state index contributed by atoms with van der Waals surface area (Å²) in [5.41, 5.74) is 1.15. The Bertz CT molecular complexity index is 1030. The van der Waals surface area contributed by atoms with Crippen LogP contribution in [0.2, 0.25) is 0 Å². The van der Waals surface area contributed by atoms with Crippen LogP contribution in [0.3, 0.4) is 0 Å². The Balaban J connectivity index is 2.06. The van der Waals surface area contributed by atoms with E-state index in [0.29, 0.717) is 45.6 Å². The van der Waals surface area contributed by atoms with Crippen LogP contribution in [0.4, 0.5) is 0 Å². The largest absolute Gasteiger partial charge is 0.496 e. The summed E-state index contributed by atoms with van der Waals surface area (Å²) in [5, 5.41) is 0. The van der Waals surface area contributed by atoms with Crippen molar-refractivity contribution in [1.29, 1.82) is 0 Å². The van der Waals surface area contributed by atoms with Crippen molar-refractivity contribution in [2.24, 2.45) is 4.99 Å². The second-order valence-corrected chi connectivity index (χ2v) is 6.20. The number of hydrogen-bond acceptors (Lipinski definition) is 9. The summed E-state index contributed by atoms with van der Waals surface area (Å²) < 4.78 is 37.4. The van der Waals surface area contributed by atoms with Crippen molar-refractivity contribution >= 4 is 17.9 Å². The highest BCUT2D eigenvalue weighted by atomic mass is 16.6. The van der Waals surface area contributed by atoms with Gasteiger partial charge in [-0.15, -0.1) is 0 Å². The van der Waals surface area contributed by atoms with Crippen LogP contribution in [-0.2, 0) is 9.53 Å². The third-order valence-electron chi connectivity index (χ3n) is 4.56. The normalized spacial score (nSPS) is 14.1. The highest BCUT2D eigenvalue weighted by Gasteiger charge is 2.27. The summed E-state index contributed by atoms with van der Waals surface area (Å²) in [6, 6.07) is 6.64. The molecule has 0 aliphatic carbocycles. The molecule has 0 atom stereocenters. The Hall–Kier alpha value is -3.88. The smallest absolute Gasteiger partial charge is 0.363 e. The van der Waals surface area contributed by atoms with E-state index in [9.17, 15) is 4.79 Å². The first-order chi connectivity index (χ1) is 15.0. The zero-order valence-corrected chi connectivity index (χ0v) is 18.1. The molecule has 2 aromatic carbocycles. The SMILES string of the molecule is COc1cc(OC)c(OC)cc1/C=C1\N=C(c2cc(OC)c(OC)c(OC)c2)OC1=O. The third-order valence-corrected chi connectivity index (χ3v) is 4.56. The number of carbonyl (C=O) groups excluding carboxylic acids is 1. The molecule has 0 aromatic heterocycles. The molecule has 2 aromatic rings. The molecule has 9 nitrogen and oxygen atoms in total. The second kappa shape index (κ2) is 9.29. The third kappa shape index (κ3) is 4.20. The molecule has 0 spiro atoms. The van der Waals surface area contributed by atoms with Crippen molar-refractivity contribution in [3.8, 4) is 34.5 Å². The fourth-order valence-electron chi connectivity index (χ4n) is 3.05. The molecule has 0 saturated heterocycles. The van der Waals surface area contributed by atoms with Gasteiger partial charge in [0.05, 0.1) is 42.7 Å². The number of methoxy groups -OCH3 is 6. The zero-order valence-electron chi connectivity index (χ0n) is 18.1. The van der Waals surface area contributed by atoms with Gasteiger partial charge in [0.15, 0.2) is 28.7 Å². The maximum atomic E-state index is 12.5. The van der Waals surface area contributed by atoms with Crippen LogP contribution in [0.5, 0.6) is 34.5 Å². The summed E-state index contributed by atoms with van der Waals surface area (Å²) in [5.74, 6) is 2.20. The van der Waals surface area contributed by atoms with Gasteiger partial charge in [0.2, 0.25) is 11.6 Å². The van der Waals surface area contributed by atoms with E-state index in [1.165, 1.54) is 42.7 Å². The molecule has 0 bridgehead atoms. The highest BCUT2D eigenvalue weighted by Crippen LogP contribution is 2.39. The van der Waals surface area contributed by atoms with Crippen LogP contribution in [0.15, 0.2) is 35.0 Å². The predicted octanol–water partition coefficient (Wildman–Crippen LogP) is 3.08. The minimum Gasteiger partial charge on any atom is -0.496 e. The van der Waals surface area contributed by atoms with E-state index >= 15 is 0 Å². The van der Waals surface area contributed by atoms with Crippen molar-refractivity contribution in [3.63, 3.8) is 0 Å². The van der Waals surface area contributed by atoms with E-state index in [1.54, 1.807) is 30.3 Å². The van der Waals surface area contributed by atoms with E-state index in [1.807, 2.05) is 0 Å². The summed E-state index contributed by atoms with van der Waals surface area (Å²) in [6.45, 7) is 0. The number of benzene rings is 2. The first kappa shape index (κ1) is 21.8. The topological polar surface area (TPSA) is 94.0 Å². The minimum absolute atomic E-state index is 0.0919. The lowest BCUT2D eigenvalue weighted by molar-refractivity contribution is -0.129. The molecule has 0 fully saturated rings. The number of nitrogens with zero attached hydrogens (tertiary/aromatic N) is 1. The van der Waals surface area contributed by atoms with Gasteiger partial charge < -0.3 is 33.2 Å². The first-order valence-electron chi connectivity index (χ1n) is 9.12. The summed E-state index contributed by atoms with van der Waals surface area (Å²) in [7, 11) is 9.06. The Kier molecular flexibility index (Phi) is 6.54. The number of ether oxygens (including phenoxy) is 7. The van der Waals surface area contributed by atoms with E-state index in [-0.39, 0.29) is 11.6 Å². The second-order valence-electron chi connectivity index (χ2n) is 6.20. The van der Waals surface area contributed by atoms with Gasteiger partial charge in [-0.25, -0.2) is 9.79 Å². The molecule has 1 heterocycles. The Morgan fingerprint density at radius 2 is 1.26 bits per heavy atom. The van der Waals surface area contributed by atoms with Crippen molar-refractivity contribution in [2.75, 3.05) is 42.7 Å². The first-order valence-corrected chi connectivity index (χ1v) is 9.12. The molecule has 31 heavy (non-hydrogen) atoms. The molecule has 1 aliphatic heterocycles. The van der Waals surface area contributed by atoms with Crippen LogP contribution >= 0.6 is 0 Å². The zero-order chi connectivity index (χ0) is 22.5. The lowest BCUT2D eigenvalue weighted by atomic mass is 10.1. The van der Waals surface area contributed by atoms with E-state index < -0.39 is 5.97 Å². The van der Waals surface area contributed by atoms with Gasteiger partial charge in [0.25, 0.3) is 0 Å². The predicted molar refractivity (Wildman–Crippen MR) is 113 cm³/mol. The number of carbonyl (C=O) groups is 1. The summed E-state index contributed by atoms with van der Waals surface area (Å²) in [6.07, 6.45) is 1.55. The lowest BCUT2D eigenvalue weighted by Crippen LogP contribution is -2.07. The molecular weight excluding hydrogens is 406 g/mol. The Labute approximate surface area is 179 Å². The highest BCUT2D eigenvalue weighted by molar-refractivity contribution is 6.13. The van der Waals surface area contributed by atoms with Crippen LogP contribution in [0.1, 0.15) is 11.1 Å². The van der Waals surface area contributed by atoms with Gasteiger partial charge in [-0.05, 0) is 24.3 Å². The van der Waals surface area contributed by atoms with Crippen LogP contribution < -0.4 is 28.4 Å². The maximum Gasteiger partial charge on any atom is 0.363 e. The van der Waals surface area contributed by atoms with Crippen molar-refractivity contribution in [1.82, 2.24) is 0 Å². The monoisotopic (exact) mass is 429 g/mol. The number of esters is 1. The van der Waals surface area contributed by atoms with Crippen LogP contribution in [-0.4, -0.2) is 54.5 Å². The Morgan fingerprint density at radius 1 is 0.710 bits per heavy atom. The number of hydrogen-bond donors (Lipinski definition) is 0. The molecule has 3 rings (SSSR count). The van der Waals surface area contributed by atoms with Gasteiger partial charge in [-0.3, -0.25) is 0 Å². The Morgan fingerprint density at radius 3 is 1.77 bits per heavy atom. The molecular formula is C22H23NO8. The molecule has 0 radical (unpaired) electrons. The molecule has 0 saturated carbocycles. The fraction of sp³-hybridized carbons (Fsp3) is 0.273. The van der Waals surface area contributed by atoms with Crippen LogP contribution in [0.25, 0.3) is 6.08 Å². The average molecular weight is 429 g/mol. The van der Waals surface area contributed by atoms with E-state index in [0.717, 1.165) is 0 Å². The number of cyclic esters (lactones) is 1. The minimum atomic E-state index is -0.611. The van der Waals surface area contributed by atoms with E-state index in [2.05, 4.69) is 4.99 Å². The maximum absolute atomic E-state index is 12.5. The van der Waals surface area contributed by atoms with Crippen LogP contribution in [0, 0.1) is 0 Å². The van der Waals surface area contributed by atoms with Crippen molar-refractivity contribution < 1.29 is 38.0 Å². The van der Waals surface area contributed by atoms with Gasteiger partial charge in [0, 0.05) is 17.2 Å². The molecule has 9 heteroatoms. The van der Waals surface area contributed by atoms with Gasteiger partial charge in [-0.1, -0.05) is 0 Å².